The van der Waals surface area contributed by atoms with Crippen LogP contribution >= 0.6 is 23.7 Å². The normalized spacial score (nSPS) is 23.9. The zero-order valence-electron chi connectivity index (χ0n) is 21.2. The first kappa shape index (κ1) is 28.6. The van der Waals surface area contributed by atoms with E-state index in [4.69, 9.17) is 18.5 Å². The van der Waals surface area contributed by atoms with Gasteiger partial charge in [0.25, 0.3) is 0 Å². The van der Waals surface area contributed by atoms with Gasteiger partial charge in [-0.15, -0.1) is 0 Å². The summed E-state index contributed by atoms with van der Waals surface area (Å²) in [6, 6.07) is 8.98. The smallest absolute Gasteiger partial charge is 0.459 e. The fraction of sp³-hybridized carbons (Fsp3) is 0.458. The Morgan fingerprint density at radius 3 is 2.63 bits per heavy atom. The van der Waals surface area contributed by atoms with E-state index in [2.05, 4.69) is 31.1 Å². The van der Waals surface area contributed by atoms with E-state index in [0.717, 1.165) is 0 Å². The Morgan fingerprint density at radius 1 is 1.24 bits per heavy atom. The lowest BCUT2D eigenvalue weighted by molar-refractivity contribution is -0.149. The molecule has 3 aromatic rings. The van der Waals surface area contributed by atoms with Crippen molar-refractivity contribution in [3.63, 3.8) is 0 Å². The Balaban J connectivity index is 1.52. The minimum atomic E-state index is -4.18. The number of aliphatic hydroxyl groups is 2. The Kier molecular flexibility index (Phi) is 8.88. The molecule has 206 valence electrons. The number of rotatable bonds is 10. The van der Waals surface area contributed by atoms with E-state index in [0.29, 0.717) is 21.4 Å². The van der Waals surface area contributed by atoms with Crippen LogP contribution < -0.4 is 9.61 Å². The van der Waals surface area contributed by atoms with Crippen LogP contribution in [0, 0.1) is 6.92 Å². The highest BCUT2D eigenvalue weighted by Crippen LogP contribution is 2.46. The van der Waals surface area contributed by atoms with E-state index in [-0.39, 0.29) is 11.9 Å². The number of esters is 1. The maximum atomic E-state index is 13.7. The zero-order chi connectivity index (χ0) is 27.6. The Bertz CT molecular complexity index is 1320. The van der Waals surface area contributed by atoms with Crippen LogP contribution in [0.15, 0.2) is 47.2 Å². The van der Waals surface area contributed by atoms with Gasteiger partial charge in [-0.1, -0.05) is 18.2 Å². The number of hydrogen-bond acceptors (Lipinski definition) is 10. The van der Waals surface area contributed by atoms with Crippen LogP contribution in [-0.2, 0) is 23.4 Å². The summed E-state index contributed by atoms with van der Waals surface area (Å²) in [5.74, 6) is -0.408. The summed E-state index contributed by atoms with van der Waals surface area (Å²) in [5, 5.41) is 28.4. The maximum absolute atomic E-state index is 13.7. The van der Waals surface area contributed by atoms with Gasteiger partial charge in [0.15, 0.2) is 0 Å². The number of carbonyl (C=O) groups is 1. The lowest BCUT2D eigenvalue weighted by Gasteiger charge is -2.25. The molecule has 38 heavy (non-hydrogen) atoms. The fourth-order valence-corrected chi connectivity index (χ4v) is 6.20. The molecule has 3 N–H and O–H groups in total. The van der Waals surface area contributed by atoms with Crippen LogP contribution in [0.25, 0.3) is 5.52 Å². The second-order valence-electron chi connectivity index (χ2n) is 9.13. The number of carbonyl (C=O) groups excluding carboxylic acids is 1. The van der Waals surface area contributed by atoms with Crippen LogP contribution in [0.2, 0.25) is 0 Å². The van der Waals surface area contributed by atoms with Crippen LogP contribution in [0.4, 0.5) is 0 Å². The third-order valence-corrected chi connectivity index (χ3v) is 8.06. The van der Waals surface area contributed by atoms with Gasteiger partial charge in [-0.3, -0.25) is 9.32 Å². The van der Waals surface area contributed by atoms with Gasteiger partial charge in [0.05, 0.1) is 24.1 Å². The van der Waals surface area contributed by atoms with Gasteiger partial charge >= 0.3 is 13.7 Å². The minimum Gasteiger partial charge on any atom is -0.462 e. The van der Waals surface area contributed by atoms with E-state index >= 15 is 0 Å². The monoisotopic (exact) mass is 612 g/mol. The van der Waals surface area contributed by atoms with E-state index in [1.807, 2.05) is 6.92 Å². The van der Waals surface area contributed by atoms with E-state index in [9.17, 15) is 19.6 Å². The third-order valence-electron chi connectivity index (χ3n) is 5.81. The van der Waals surface area contributed by atoms with Gasteiger partial charge < -0.3 is 24.2 Å². The molecule has 0 spiro atoms. The highest BCUT2D eigenvalue weighted by Gasteiger charge is 2.46. The number of benzene rings is 1. The number of hydrogen-bond donors (Lipinski definition) is 3. The molecule has 4 rings (SSSR count). The zero-order valence-corrected chi connectivity index (χ0v) is 23.7. The molecular weight excluding hydrogens is 583 g/mol. The van der Waals surface area contributed by atoms with Gasteiger partial charge in [-0.05, 0) is 61.8 Å². The lowest BCUT2D eigenvalue weighted by atomic mass is 10.1. The Morgan fingerprint density at radius 2 is 1.95 bits per heavy atom. The molecule has 1 aliphatic rings. The highest BCUT2D eigenvalue weighted by atomic mass is 79.9. The lowest BCUT2D eigenvalue weighted by Crippen LogP contribution is -2.38. The summed E-state index contributed by atoms with van der Waals surface area (Å²) in [7, 11) is -4.18. The molecule has 1 aliphatic heterocycles. The molecule has 1 unspecified atom stereocenters. The topological polar surface area (TPSA) is 154 Å². The molecule has 6 atom stereocenters. The second kappa shape index (κ2) is 11.8. The highest BCUT2D eigenvalue weighted by molar-refractivity contribution is 9.10. The Hall–Kier alpha value is -2.38. The molecule has 12 nitrogen and oxygen atoms in total. The number of ether oxygens (including phenoxy) is 2. The van der Waals surface area contributed by atoms with Crippen molar-refractivity contribution in [2.24, 2.45) is 0 Å². The summed E-state index contributed by atoms with van der Waals surface area (Å²) in [4.78, 5) is 16.5. The average molecular weight is 613 g/mol. The number of aliphatic hydroxyl groups excluding tert-OH is 2. The number of aryl methyl sites for hydroxylation is 1. The Labute approximate surface area is 228 Å². The quantitative estimate of drug-likeness (QED) is 0.228. The van der Waals surface area contributed by atoms with E-state index in [1.165, 1.54) is 13.3 Å². The van der Waals surface area contributed by atoms with Gasteiger partial charge in [0.1, 0.15) is 48.1 Å². The van der Waals surface area contributed by atoms with Crippen molar-refractivity contribution >= 4 is 35.2 Å². The molecule has 1 saturated heterocycles. The average Bonchev–Trinajstić information content (AvgIpc) is 3.34. The first-order valence-electron chi connectivity index (χ1n) is 12.0. The van der Waals surface area contributed by atoms with Crippen molar-refractivity contribution in [1.29, 1.82) is 0 Å². The van der Waals surface area contributed by atoms with Crippen LogP contribution in [0.5, 0.6) is 5.75 Å². The van der Waals surface area contributed by atoms with Gasteiger partial charge in [-0.2, -0.15) is 10.2 Å². The van der Waals surface area contributed by atoms with Gasteiger partial charge in [0.2, 0.25) is 0 Å². The third kappa shape index (κ3) is 6.26. The molecule has 2 aromatic heterocycles. The molecule has 1 aromatic carbocycles. The van der Waals surface area contributed by atoms with Crippen molar-refractivity contribution in [2.45, 2.75) is 64.3 Å². The molecule has 0 radical (unpaired) electrons. The van der Waals surface area contributed by atoms with Crippen LogP contribution in [-0.4, -0.2) is 67.8 Å². The summed E-state index contributed by atoms with van der Waals surface area (Å²) >= 11 is 3.48. The first-order chi connectivity index (χ1) is 18.0. The van der Waals surface area contributed by atoms with Crippen molar-refractivity contribution in [3.8, 4) is 5.75 Å². The van der Waals surface area contributed by atoms with Crippen LogP contribution in [0.1, 0.15) is 38.3 Å². The number of fused-ring (bicyclic) bond motifs is 1. The molecule has 0 amide bonds. The maximum Gasteiger partial charge on any atom is 0.459 e. The van der Waals surface area contributed by atoms with Crippen molar-refractivity contribution in [2.75, 3.05) is 6.61 Å². The number of aromatic nitrogens is 3. The molecule has 0 bridgehead atoms. The number of halogens is 1. The molecule has 3 heterocycles. The van der Waals surface area contributed by atoms with E-state index < -0.39 is 50.8 Å². The summed E-state index contributed by atoms with van der Waals surface area (Å²) in [6.07, 6.45) is -3.73. The van der Waals surface area contributed by atoms with Crippen LogP contribution in [0.3, 0.4) is 0 Å². The molecular formula is C24H30BrN4O8P. The fourth-order valence-electron chi connectivity index (χ4n) is 4.00. The summed E-state index contributed by atoms with van der Waals surface area (Å²) in [5.41, 5.74) is 1.89. The van der Waals surface area contributed by atoms with Crippen molar-refractivity contribution < 1.29 is 38.1 Å². The molecule has 0 aliphatic carbocycles. The first-order valence-corrected chi connectivity index (χ1v) is 14.3. The minimum absolute atomic E-state index is 0.234. The van der Waals surface area contributed by atoms with Crippen molar-refractivity contribution in [1.82, 2.24) is 19.7 Å². The van der Waals surface area contributed by atoms with Crippen molar-refractivity contribution in [3.05, 3.63) is 58.6 Å². The summed E-state index contributed by atoms with van der Waals surface area (Å²) in [6.45, 7) is 6.26. The SMILES string of the molecule is Cc1ncnn2c([C@@H]3O[C@H](COP(=O)(N[C@H](C)C(=O)OC(C)C)Oc4ccccc4)[C@@H](O)[C@H]3O)cc(Br)c12. The van der Waals surface area contributed by atoms with Gasteiger partial charge in [0, 0.05) is 4.47 Å². The van der Waals surface area contributed by atoms with E-state index in [1.54, 1.807) is 54.8 Å². The molecule has 0 saturated carbocycles. The number of nitrogens with one attached hydrogen (secondary N) is 1. The number of nitrogens with zero attached hydrogens (tertiary/aromatic N) is 3. The van der Waals surface area contributed by atoms with Gasteiger partial charge in [-0.25, -0.2) is 14.1 Å². The molecule has 14 heteroatoms. The molecule has 1 fully saturated rings. The largest absolute Gasteiger partial charge is 0.462 e. The second-order valence-corrected chi connectivity index (χ2v) is 11.7. The standard InChI is InChI=1S/C24H30BrN4O8P/c1-13(2)35-24(32)15(4)28-38(33,37-16-8-6-5-7-9-16)34-11-19-21(30)22(31)23(36-19)18-10-17(25)20-14(3)26-12-27-29(18)20/h5-10,12-13,15,19,21-23,30-31H,11H2,1-4H3,(H,28,33)/t15-,19-,21-,22-,23+,38?/m1/s1. The number of para-hydroxylation sites is 1. The predicted octanol–water partition coefficient (Wildman–Crippen LogP) is 3.10. The summed E-state index contributed by atoms with van der Waals surface area (Å²) < 4.78 is 38.4. The predicted molar refractivity (Wildman–Crippen MR) is 140 cm³/mol.